The van der Waals surface area contributed by atoms with Crippen molar-refractivity contribution in [3.8, 4) is 5.75 Å². The van der Waals surface area contributed by atoms with Crippen molar-refractivity contribution < 1.29 is 14.3 Å². The second-order valence-corrected chi connectivity index (χ2v) is 7.13. The van der Waals surface area contributed by atoms with E-state index in [9.17, 15) is 9.59 Å². The standard InChI is InChI=1S/C21H25BrN2O3/c1-4-16-7-5-6-8-18(16)23-20(25)14-24(2)21(26)12-10-15-9-11-19(27-3)17(22)13-15/h5-9,11,13H,4,10,12,14H2,1-3H3,(H,23,25). The summed E-state index contributed by atoms with van der Waals surface area (Å²) in [5.74, 6) is 0.492. The lowest BCUT2D eigenvalue weighted by Gasteiger charge is -2.18. The van der Waals surface area contributed by atoms with Gasteiger partial charge in [-0.2, -0.15) is 0 Å². The number of nitrogens with zero attached hydrogens (tertiary/aromatic N) is 1. The first kappa shape index (κ1) is 21.0. The maximum absolute atomic E-state index is 12.3. The van der Waals surface area contributed by atoms with Gasteiger partial charge in [0, 0.05) is 19.2 Å². The first-order valence-electron chi connectivity index (χ1n) is 8.88. The molecule has 0 atom stereocenters. The average molecular weight is 433 g/mol. The molecule has 27 heavy (non-hydrogen) atoms. The van der Waals surface area contributed by atoms with Crippen molar-refractivity contribution in [2.24, 2.45) is 0 Å². The Hall–Kier alpha value is -2.34. The number of rotatable bonds is 8. The van der Waals surface area contributed by atoms with E-state index in [-0.39, 0.29) is 18.4 Å². The molecule has 1 N–H and O–H groups in total. The minimum absolute atomic E-state index is 0.0309. The van der Waals surface area contributed by atoms with E-state index in [1.165, 1.54) is 4.90 Å². The van der Waals surface area contributed by atoms with E-state index < -0.39 is 0 Å². The van der Waals surface area contributed by atoms with Crippen molar-refractivity contribution in [1.82, 2.24) is 4.90 Å². The highest BCUT2D eigenvalue weighted by Gasteiger charge is 2.14. The van der Waals surface area contributed by atoms with Gasteiger partial charge in [0.15, 0.2) is 0 Å². The number of carbonyl (C=O) groups excluding carboxylic acids is 2. The first-order valence-corrected chi connectivity index (χ1v) is 9.68. The fraction of sp³-hybridized carbons (Fsp3) is 0.333. The highest BCUT2D eigenvalue weighted by molar-refractivity contribution is 9.10. The van der Waals surface area contributed by atoms with Gasteiger partial charge in [-0.15, -0.1) is 0 Å². The van der Waals surface area contributed by atoms with Gasteiger partial charge in [0.1, 0.15) is 5.75 Å². The highest BCUT2D eigenvalue weighted by atomic mass is 79.9. The molecule has 0 aliphatic rings. The van der Waals surface area contributed by atoms with E-state index in [1.54, 1.807) is 14.2 Å². The molecule has 0 saturated heterocycles. The first-order chi connectivity index (χ1) is 12.9. The lowest BCUT2D eigenvalue weighted by molar-refractivity contribution is -0.133. The quantitative estimate of drug-likeness (QED) is 0.684. The molecule has 2 aromatic carbocycles. The van der Waals surface area contributed by atoms with Gasteiger partial charge in [-0.05, 0) is 58.1 Å². The van der Waals surface area contributed by atoms with Crippen LogP contribution in [-0.4, -0.2) is 37.4 Å². The molecule has 2 amide bonds. The molecule has 0 aliphatic carbocycles. The van der Waals surface area contributed by atoms with Crippen molar-refractivity contribution in [1.29, 1.82) is 0 Å². The third-order valence-corrected chi connectivity index (χ3v) is 4.94. The lowest BCUT2D eigenvalue weighted by atomic mass is 10.1. The van der Waals surface area contributed by atoms with E-state index in [2.05, 4.69) is 21.2 Å². The zero-order chi connectivity index (χ0) is 19.8. The number of aryl methyl sites for hydroxylation is 2. The summed E-state index contributed by atoms with van der Waals surface area (Å²) in [5, 5.41) is 2.89. The van der Waals surface area contributed by atoms with Crippen LogP contribution in [0.4, 0.5) is 5.69 Å². The molecule has 0 unspecified atom stereocenters. The third-order valence-electron chi connectivity index (χ3n) is 4.32. The van der Waals surface area contributed by atoms with E-state index in [1.807, 2.05) is 49.4 Å². The summed E-state index contributed by atoms with van der Waals surface area (Å²) in [6, 6.07) is 13.4. The molecular formula is C21H25BrN2O3. The Balaban J connectivity index is 1.86. The van der Waals surface area contributed by atoms with E-state index in [4.69, 9.17) is 4.74 Å². The predicted molar refractivity (Wildman–Crippen MR) is 111 cm³/mol. The van der Waals surface area contributed by atoms with Crippen molar-refractivity contribution in [3.63, 3.8) is 0 Å². The van der Waals surface area contributed by atoms with Gasteiger partial charge >= 0.3 is 0 Å². The Labute approximate surface area is 168 Å². The Morgan fingerprint density at radius 1 is 1.19 bits per heavy atom. The maximum Gasteiger partial charge on any atom is 0.243 e. The predicted octanol–water partition coefficient (Wildman–Crippen LogP) is 4.05. The van der Waals surface area contributed by atoms with Crippen LogP contribution in [0.15, 0.2) is 46.9 Å². The number of benzene rings is 2. The molecule has 2 rings (SSSR count). The summed E-state index contributed by atoms with van der Waals surface area (Å²) in [5.41, 5.74) is 2.91. The maximum atomic E-state index is 12.3. The molecule has 0 spiro atoms. The van der Waals surface area contributed by atoms with Crippen LogP contribution in [0.3, 0.4) is 0 Å². The summed E-state index contributed by atoms with van der Waals surface area (Å²) in [6.07, 6.45) is 1.78. The van der Waals surface area contributed by atoms with Crippen molar-refractivity contribution >= 4 is 33.4 Å². The third kappa shape index (κ3) is 6.10. The van der Waals surface area contributed by atoms with Gasteiger partial charge in [-0.25, -0.2) is 0 Å². The molecule has 5 nitrogen and oxygen atoms in total. The van der Waals surface area contributed by atoms with Crippen LogP contribution in [0.25, 0.3) is 0 Å². The smallest absolute Gasteiger partial charge is 0.243 e. The zero-order valence-electron chi connectivity index (χ0n) is 15.9. The largest absolute Gasteiger partial charge is 0.496 e. The molecule has 144 valence electrons. The molecule has 0 aliphatic heterocycles. The topological polar surface area (TPSA) is 58.6 Å². The van der Waals surface area contributed by atoms with E-state index in [0.717, 1.165) is 33.5 Å². The van der Waals surface area contributed by atoms with Crippen molar-refractivity contribution in [3.05, 3.63) is 58.1 Å². The number of hydrogen-bond donors (Lipinski definition) is 1. The number of likely N-dealkylation sites (N-methyl/N-ethyl adjacent to an activating group) is 1. The zero-order valence-corrected chi connectivity index (χ0v) is 17.5. The van der Waals surface area contributed by atoms with Crippen LogP contribution in [-0.2, 0) is 22.4 Å². The number of anilines is 1. The van der Waals surface area contributed by atoms with Gasteiger partial charge in [-0.3, -0.25) is 9.59 Å². The summed E-state index contributed by atoms with van der Waals surface area (Å²) in [7, 11) is 3.26. The number of methoxy groups -OCH3 is 1. The second-order valence-electron chi connectivity index (χ2n) is 6.28. The fourth-order valence-corrected chi connectivity index (χ4v) is 3.34. The van der Waals surface area contributed by atoms with E-state index in [0.29, 0.717) is 12.8 Å². The summed E-state index contributed by atoms with van der Waals surface area (Å²) >= 11 is 3.45. The van der Waals surface area contributed by atoms with Gasteiger partial charge < -0.3 is 15.0 Å². The van der Waals surface area contributed by atoms with Crippen LogP contribution in [0.5, 0.6) is 5.75 Å². The molecule has 0 saturated carbocycles. The number of para-hydroxylation sites is 1. The van der Waals surface area contributed by atoms with Crippen molar-refractivity contribution in [2.45, 2.75) is 26.2 Å². The lowest BCUT2D eigenvalue weighted by Crippen LogP contribution is -2.35. The Morgan fingerprint density at radius 3 is 2.59 bits per heavy atom. The van der Waals surface area contributed by atoms with Gasteiger partial charge in [0.2, 0.25) is 11.8 Å². The molecule has 6 heteroatoms. The minimum Gasteiger partial charge on any atom is -0.496 e. The van der Waals surface area contributed by atoms with Crippen LogP contribution >= 0.6 is 15.9 Å². The molecule has 0 aromatic heterocycles. The minimum atomic E-state index is -0.195. The van der Waals surface area contributed by atoms with Crippen molar-refractivity contribution in [2.75, 3.05) is 26.0 Å². The fourth-order valence-electron chi connectivity index (χ4n) is 2.75. The number of carbonyl (C=O) groups is 2. The van der Waals surface area contributed by atoms with Crippen LogP contribution in [0.1, 0.15) is 24.5 Å². The molecule has 0 fully saturated rings. The number of amides is 2. The summed E-state index contributed by atoms with van der Waals surface area (Å²) in [4.78, 5) is 26.1. The molecule has 0 heterocycles. The molecule has 0 radical (unpaired) electrons. The van der Waals surface area contributed by atoms with Gasteiger partial charge in [-0.1, -0.05) is 31.2 Å². The summed E-state index contributed by atoms with van der Waals surface area (Å²) in [6.45, 7) is 2.07. The van der Waals surface area contributed by atoms with Gasteiger partial charge in [0.25, 0.3) is 0 Å². The number of nitrogens with one attached hydrogen (secondary N) is 1. The number of hydrogen-bond acceptors (Lipinski definition) is 3. The number of halogens is 1. The van der Waals surface area contributed by atoms with Gasteiger partial charge in [0.05, 0.1) is 18.1 Å². The van der Waals surface area contributed by atoms with Crippen LogP contribution in [0, 0.1) is 0 Å². The second kappa shape index (κ2) is 10.1. The summed E-state index contributed by atoms with van der Waals surface area (Å²) < 4.78 is 6.06. The average Bonchev–Trinajstić information content (AvgIpc) is 2.66. The Kier molecular flexibility index (Phi) is 7.85. The molecule has 2 aromatic rings. The normalized spacial score (nSPS) is 10.4. The SMILES string of the molecule is CCc1ccccc1NC(=O)CN(C)C(=O)CCc1ccc(OC)c(Br)c1. The molecule has 0 bridgehead atoms. The van der Waals surface area contributed by atoms with Crippen LogP contribution in [0.2, 0.25) is 0 Å². The Bertz CT molecular complexity index is 808. The highest BCUT2D eigenvalue weighted by Crippen LogP contribution is 2.26. The van der Waals surface area contributed by atoms with E-state index >= 15 is 0 Å². The van der Waals surface area contributed by atoms with Crippen LogP contribution < -0.4 is 10.1 Å². The molecular weight excluding hydrogens is 408 g/mol. The monoisotopic (exact) mass is 432 g/mol. The number of ether oxygens (including phenoxy) is 1. The Morgan fingerprint density at radius 2 is 1.93 bits per heavy atom.